The van der Waals surface area contributed by atoms with Gasteiger partial charge in [-0.25, -0.2) is 5.10 Å². The molecule has 0 spiro atoms. The molecule has 1 N–H and O–H groups in total. The van der Waals surface area contributed by atoms with E-state index < -0.39 is 0 Å². The lowest BCUT2D eigenvalue weighted by molar-refractivity contribution is 0.203. The van der Waals surface area contributed by atoms with Crippen LogP contribution in [0.4, 0.5) is 5.95 Å². The summed E-state index contributed by atoms with van der Waals surface area (Å²) in [6, 6.07) is 0.880. The Morgan fingerprint density at radius 1 is 1.47 bits per heavy atom. The summed E-state index contributed by atoms with van der Waals surface area (Å²) < 4.78 is 8.15. The number of hydrogen-bond acceptors (Lipinski definition) is 4. The number of nitrogens with zero attached hydrogens (tertiary/aromatic N) is 3. The van der Waals surface area contributed by atoms with E-state index in [0.717, 1.165) is 17.3 Å². The third-order valence-electron chi connectivity index (χ3n) is 3.79. The van der Waals surface area contributed by atoms with Gasteiger partial charge in [0.15, 0.2) is 4.77 Å². The SMILES string of the molecule is COCCN(c1n[nH]c(=S)n1C1CCCC1)C(C)C. The minimum Gasteiger partial charge on any atom is -0.383 e. The van der Waals surface area contributed by atoms with Crippen molar-refractivity contribution in [2.75, 3.05) is 25.2 Å². The molecule has 0 aliphatic heterocycles. The number of rotatable bonds is 6. The number of ether oxygens (including phenoxy) is 1. The van der Waals surface area contributed by atoms with Crippen LogP contribution in [0.25, 0.3) is 0 Å². The van der Waals surface area contributed by atoms with Crippen molar-refractivity contribution in [3.63, 3.8) is 0 Å². The van der Waals surface area contributed by atoms with Gasteiger partial charge in [-0.1, -0.05) is 12.8 Å². The van der Waals surface area contributed by atoms with E-state index in [1.54, 1.807) is 7.11 Å². The summed E-state index contributed by atoms with van der Waals surface area (Å²) >= 11 is 5.41. The standard InChI is InChI=1S/C13H24N4OS/c1-10(2)16(8-9-18-3)12-14-15-13(19)17(12)11-6-4-5-7-11/h10-11H,4-9H2,1-3H3,(H,15,19). The Morgan fingerprint density at radius 2 is 2.16 bits per heavy atom. The minimum absolute atomic E-state index is 0.375. The average molecular weight is 284 g/mol. The molecule has 0 amide bonds. The van der Waals surface area contributed by atoms with Crippen LogP contribution in [0.1, 0.15) is 45.6 Å². The summed E-state index contributed by atoms with van der Waals surface area (Å²) in [6.45, 7) is 5.88. The van der Waals surface area contributed by atoms with Crippen LogP contribution >= 0.6 is 12.2 Å². The highest BCUT2D eigenvalue weighted by Gasteiger charge is 2.25. The molecule has 1 aliphatic carbocycles. The van der Waals surface area contributed by atoms with E-state index in [0.29, 0.717) is 18.7 Å². The fraction of sp³-hybridized carbons (Fsp3) is 0.846. The predicted octanol–water partition coefficient (Wildman–Crippen LogP) is 2.92. The van der Waals surface area contributed by atoms with Gasteiger partial charge < -0.3 is 9.64 Å². The summed E-state index contributed by atoms with van der Waals surface area (Å²) in [5.74, 6) is 0.962. The van der Waals surface area contributed by atoms with Gasteiger partial charge in [-0.15, -0.1) is 5.10 Å². The third kappa shape index (κ3) is 3.17. The van der Waals surface area contributed by atoms with Gasteiger partial charge in [-0.3, -0.25) is 4.57 Å². The lowest BCUT2D eigenvalue weighted by Gasteiger charge is -2.29. The first-order valence-electron chi connectivity index (χ1n) is 7.07. The number of aromatic nitrogens is 3. The molecular weight excluding hydrogens is 260 g/mol. The maximum Gasteiger partial charge on any atom is 0.226 e. The molecule has 1 fully saturated rings. The molecule has 0 saturated heterocycles. The molecule has 0 unspecified atom stereocenters. The van der Waals surface area contributed by atoms with E-state index in [4.69, 9.17) is 17.0 Å². The van der Waals surface area contributed by atoms with Gasteiger partial charge in [0, 0.05) is 25.7 Å². The van der Waals surface area contributed by atoms with Gasteiger partial charge >= 0.3 is 0 Å². The quantitative estimate of drug-likeness (QED) is 0.816. The lowest BCUT2D eigenvalue weighted by atomic mass is 10.2. The number of nitrogens with one attached hydrogen (secondary N) is 1. The van der Waals surface area contributed by atoms with Gasteiger partial charge in [-0.2, -0.15) is 0 Å². The topological polar surface area (TPSA) is 46.1 Å². The van der Waals surface area contributed by atoms with Gasteiger partial charge in [-0.05, 0) is 38.9 Å². The van der Waals surface area contributed by atoms with Crippen molar-refractivity contribution in [1.29, 1.82) is 0 Å². The maximum atomic E-state index is 5.41. The molecule has 1 aromatic heterocycles. The fourth-order valence-corrected chi connectivity index (χ4v) is 3.05. The normalized spacial score (nSPS) is 16.4. The Hall–Kier alpha value is -0.880. The molecule has 19 heavy (non-hydrogen) atoms. The summed E-state index contributed by atoms with van der Waals surface area (Å²) in [4.78, 5) is 2.26. The van der Waals surface area contributed by atoms with E-state index in [1.807, 2.05) is 0 Å². The second-order valence-corrected chi connectivity index (χ2v) is 5.80. The van der Waals surface area contributed by atoms with Crippen LogP contribution in [0.3, 0.4) is 0 Å². The van der Waals surface area contributed by atoms with Crippen molar-refractivity contribution in [3.8, 4) is 0 Å². The molecule has 108 valence electrons. The van der Waals surface area contributed by atoms with Crippen LogP contribution in [-0.4, -0.2) is 41.1 Å². The van der Waals surface area contributed by atoms with Crippen LogP contribution in [0.15, 0.2) is 0 Å². The Bertz CT molecular complexity index is 448. The van der Waals surface area contributed by atoms with E-state index in [1.165, 1.54) is 25.7 Å². The number of aromatic amines is 1. The summed E-state index contributed by atoms with van der Waals surface area (Å²) in [6.07, 6.45) is 4.99. The third-order valence-corrected chi connectivity index (χ3v) is 4.08. The number of hydrogen-bond donors (Lipinski definition) is 1. The van der Waals surface area contributed by atoms with E-state index in [-0.39, 0.29) is 0 Å². The second kappa shape index (κ2) is 6.52. The highest BCUT2D eigenvalue weighted by Crippen LogP contribution is 2.32. The molecule has 0 radical (unpaired) electrons. The zero-order valence-electron chi connectivity index (χ0n) is 12.1. The molecule has 5 nitrogen and oxygen atoms in total. The van der Waals surface area contributed by atoms with Crippen molar-refractivity contribution in [2.24, 2.45) is 0 Å². The first-order valence-corrected chi connectivity index (χ1v) is 7.48. The first-order chi connectivity index (χ1) is 9.15. The highest BCUT2D eigenvalue weighted by atomic mass is 32.1. The Balaban J connectivity index is 2.28. The van der Waals surface area contributed by atoms with E-state index in [9.17, 15) is 0 Å². The molecule has 0 atom stereocenters. The largest absolute Gasteiger partial charge is 0.383 e. The van der Waals surface area contributed by atoms with Crippen molar-refractivity contribution >= 4 is 18.2 Å². The monoisotopic (exact) mass is 284 g/mol. The summed E-state index contributed by atoms with van der Waals surface area (Å²) in [5.41, 5.74) is 0. The zero-order chi connectivity index (χ0) is 13.8. The maximum absolute atomic E-state index is 5.41. The smallest absolute Gasteiger partial charge is 0.226 e. The Kier molecular flexibility index (Phi) is 4.99. The molecule has 2 rings (SSSR count). The van der Waals surface area contributed by atoms with Gasteiger partial charge in [0.05, 0.1) is 6.61 Å². The Labute approximate surface area is 119 Å². The highest BCUT2D eigenvalue weighted by molar-refractivity contribution is 7.71. The predicted molar refractivity (Wildman–Crippen MR) is 79.3 cm³/mol. The van der Waals surface area contributed by atoms with Gasteiger partial charge in [0.2, 0.25) is 5.95 Å². The van der Waals surface area contributed by atoms with Gasteiger partial charge in [0.1, 0.15) is 0 Å². The second-order valence-electron chi connectivity index (χ2n) is 5.42. The van der Waals surface area contributed by atoms with Gasteiger partial charge in [0.25, 0.3) is 0 Å². The van der Waals surface area contributed by atoms with E-state index in [2.05, 4.69) is 33.5 Å². The van der Waals surface area contributed by atoms with Crippen molar-refractivity contribution < 1.29 is 4.74 Å². The molecule has 6 heteroatoms. The van der Waals surface area contributed by atoms with E-state index >= 15 is 0 Å². The molecular formula is C13H24N4OS. The first kappa shape index (κ1) is 14.5. The molecule has 1 heterocycles. The van der Waals surface area contributed by atoms with Crippen LogP contribution < -0.4 is 4.90 Å². The number of anilines is 1. The number of methoxy groups -OCH3 is 1. The fourth-order valence-electron chi connectivity index (χ4n) is 2.77. The van der Waals surface area contributed by atoms with Crippen molar-refractivity contribution in [3.05, 3.63) is 4.77 Å². The molecule has 1 aromatic rings. The molecule has 0 aromatic carbocycles. The number of H-pyrrole nitrogens is 1. The van der Waals surface area contributed by atoms with Crippen LogP contribution in [-0.2, 0) is 4.74 Å². The summed E-state index contributed by atoms with van der Waals surface area (Å²) in [7, 11) is 1.73. The van der Waals surface area contributed by atoms with Crippen molar-refractivity contribution in [1.82, 2.24) is 14.8 Å². The summed E-state index contributed by atoms with van der Waals surface area (Å²) in [5, 5.41) is 7.41. The van der Waals surface area contributed by atoms with Crippen molar-refractivity contribution in [2.45, 2.75) is 51.6 Å². The minimum atomic E-state index is 0.375. The average Bonchev–Trinajstić information content (AvgIpc) is 2.99. The van der Waals surface area contributed by atoms with Crippen LogP contribution in [0.2, 0.25) is 0 Å². The molecule has 1 aliphatic rings. The lowest BCUT2D eigenvalue weighted by Crippen LogP contribution is -2.36. The zero-order valence-corrected chi connectivity index (χ0v) is 12.9. The van der Waals surface area contributed by atoms with Crippen LogP contribution in [0, 0.1) is 4.77 Å². The molecule has 0 bridgehead atoms. The Morgan fingerprint density at radius 3 is 2.74 bits per heavy atom. The molecule has 1 saturated carbocycles. The van der Waals surface area contributed by atoms with Crippen LogP contribution in [0.5, 0.6) is 0 Å².